The van der Waals surface area contributed by atoms with Crippen LogP contribution >= 0.6 is 11.6 Å². The largest absolute Gasteiger partial charge is 0.324 e. The van der Waals surface area contributed by atoms with Crippen LogP contribution in [0.4, 0.5) is 16.0 Å². The van der Waals surface area contributed by atoms with Crippen molar-refractivity contribution in [3.63, 3.8) is 0 Å². The van der Waals surface area contributed by atoms with E-state index in [0.717, 1.165) is 5.56 Å². The van der Waals surface area contributed by atoms with Crippen LogP contribution in [0, 0.1) is 5.82 Å². The summed E-state index contributed by atoms with van der Waals surface area (Å²) >= 11 is 6.08. The summed E-state index contributed by atoms with van der Waals surface area (Å²) in [4.78, 5) is 21.2. The lowest BCUT2D eigenvalue weighted by molar-refractivity contribution is 0.0962. The van der Waals surface area contributed by atoms with E-state index in [2.05, 4.69) is 15.3 Å². The minimum atomic E-state index is -0.308. The van der Waals surface area contributed by atoms with Crippen LogP contribution in [-0.2, 0) is 6.42 Å². The molecule has 1 aliphatic rings. The van der Waals surface area contributed by atoms with Crippen molar-refractivity contribution >= 4 is 29.0 Å². The van der Waals surface area contributed by atoms with Crippen molar-refractivity contribution < 1.29 is 9.18 Å². The van der Waals surface area contributed by atoms with Gasteiger partial charge in [0.1, 0.15) is 5.82 Å². The monoisotopic (exact) mass is 367 g/mol. The van der Waals surface area contributed by atoms with E-state index in [1.807, 2.05) is 24.3 Å². The number of ketones is 1. The highest BCUT2D eigenvalue weighted by Crippen LogP contribution is 2.33. The Kier molecular flexibility index (Phi) is 4.39. The second-order valence-corrected chi connectivity index (χ2v) is 6.71. The van der Waals surface area contributed by atoms with Gasteiger partial charge in [0.2, 0.25) is 5.95 Å². The summed E-state index contributed by atoms with van der Waals surface area (Å²) in [6, 6.07) is 13.5. The van der Waals surface area contributed by atoms with E-state index < -0.39 is 0 Å². The molecule has 3 aromatic rings. The van der Waals surface area contributed by atoms with E-state index in [0.29, 0.717) is 40.8 Å². The first-order valence-electron chi connectivity index (χ1n) is 8.25. The Morgan fingerprint density at radius 3 is 2.69 bits per heavy atom. The second-order valence-electron chi connectivity index (χ2n) is 6.27. The number of anilines is 2. The molecule has 6 heteroatoms. The number of fused-ring (bicyclic) bond motifs is 1. The van der Waals surface area contributed by atoms with Crippen molar-refractivity contribution in [3.05, 3.63) is 82.4 Å². The normalized spacial score (nSPS) is 16.2. The van der Waals surface area contributed by atoms with E-state index in [-0.39, 0.29) is 17.5 Å². The van der Waals surface area contributed by atoms with Crippen LogP contribution in [0.2, 0.25) is 5.02 Å². The molecule has 1 heterocycles. The van der Waals surface area contributed by atoms with Crippen molar-refractivity contribution in [1.29, 1.82) is 0 Å². The highest BCUT2D eigenvalue weighted by atomic mass is 35.5. The summed E-state index contributed by atoms with van der Waals surface area (Å²) in [7, 11) is 0. The van der Waals surface area contributed by atoms with E-state index in [1.54, 1.807) is 18.3 Å². The molecule has 0 unspecified atom stereocenters. The zero-order chi connectivity index (χ0) is 18.1. The fourth-order valence-corrected chi connectivity index (χ4v) is 3.36. The number of benzene rings is 2. The molecule has 130 valence electrons. The molecule has 2 aromatic carbocycles. The first-order chi connectivity index (χ1) is 12.6. The lowest BCUT2D eigenvalue weighted by Gasteiger charge is -2.23. The molecule has 26 heavy (non-hydrogen) atoms. The predicted molar refractivity (Wildman–Crippen MR) is 98.6 cm³/mol. The van der Waals surface area contributed by atoms with Gasteiger partial charge >= 0.3 is 0 Å². The maximum Gasteiger partial charge on any atom is 0.227 e. The van der Waals surface area contributed by atoms with Crippen molar-refractivity contribution in [2.24, 2.45) is 0 Å². The maximum absolute atomic E-state index is 13.0. The van der Waals surface area contributed by atoms with Gasteiger partial charge in [-0.2, -0.15) is 0 Å². The average molecular weight is 368 g/mol. The van der Waals surface area contributed by atoms with E-state index in [1.165, 1.54) is 12.1 Å². The molecule has 1 aromatic heterocycles. The lowest BCUT2D eigenvalue weighted by atomic mass is 9.82. The van der Waals surface area contributed by atoms with Crippen LogP contribution in [-0.4, -0.2) is 15.8 Å². The fourth-order valence-electron chi connectivity index (χ4n) is 3.16. The van der Waals surface area contributed by atoms with Gasteiger partial charge in [0.15, 0.2) is 5.78 Å². The minimum absolute atomic E-state index is 0.0320. The zero-order valence-corrected chi connectivity index (χ0v) is 14.5. The number of hydrogen-bond donors (Lipinski definition) is 1. The molecule has 0 saturated heterocycles. The smallest absolute Gasteiger partial charge is 0.227 e. The predicted octanol–water partition coefficient (Wildman–Crippen LogP) is 4.93. The number of Topliss-reactive ketones (excluding diaryl/α,β-unsaturated/α-hetero) is 1. The zero-order valence-electron chi connectivity index (χ0n) is 13.7. The van der Waals surface area contributed by atoms with Crippen LogP contribution < -0.4 is 5.32 Å². The van der Waals surface area contributed by atoms with Gasteiger partial charge in [-0.3, -0.25) is 4.79 Å². The van der Waals surface area contributed by atoms with Crippen molar-refractivity contribution in [1.82, 2.24) is 9.97 Å². The molecular formula is C20H15ClFN3O. The summed E-state index contributed by atoms with van der Waals surface area (Å²) < 4.78 is 13.0. The van der Waals surface area contributed by atoms with Crippen LogP contribution in [0.3, 0.4) is 0 Å². The molecule has 0 aliphatic heterocycles. The number of rotatable bonds is 3. The van der Waals surface area contributed by atoms with Gasteiger partial charge in [-0.05, 0) is 54.3 Å². The summed E-state index contributed by atoms with van der Waals surface area (Å²) in [5.41, 5.74) is 2.99. The summed E-state index contributed by atoms with van der Waals surface area (Å²) in [5, 5.41) is 3.69. The molecular weight excluding hydrogens is 353 g/mol. The molecule has 0 spiro atoms. The van der Waals surface area contributed by atoms with E-state index >= 15 is 0 Å². The van der Waals surface area contributed by atoms with Crippen LogP contribution in [0.5, 0.6) is 0 Å². The van der Waals surface area contributed by atoms with Crippen molar-refractivity contribution in [2.45, 2.75) is 18.8 Å². The Bertz CT molecular complexity index is 975. The van der Waals surface area contributed by atoms with Gasteiger partial charge in [0.25, 0.3) is 0 Å². The first kappa shape index (κ1) is 16.7. The quantitative estimate of drug-likeness (QED) is 0.713. The molecule has 0 bridgehead atoms. The summed E-state index contributed by atoms with van der Waals surface area (Å²) in [6.07, 6.45) is 2.62. The average Bonchev–Trinajstić information content (AvgIpc) is 2.63. The van der Waals surface area contributed by atoms with Crippen molar-refractivity contribution in [3.8, 4) is 0 Å². The van der Waals surface area contributed by atoms with Crippen LogP contribution in [0.15, 0.2) is 54.7 Å². The Labute approximate surface area is 155 Å². The second kappa shape index (κ2) is 6.84. The van der Waals surface area contributed by atoms with Gasteiger partial charge in [-0.15, -0.1) is 0 Å². The third-order valence-corrected chi connectivity index (χ3v) is 4.70. The van der Waals surface area contributed by atoms with E-state index in [4.69, 9.17) is 11.6 Å². The third kappa shape index (κ3) is 3.44. The number of halogens is 2. The highest BCUT2D eigenvalue weighted by Gasteiger charge is 2.28. The molecule has 0 saturated carbocycles. The number of carbonyl (C=O) groups is 1. The summed E-state index contributed by atoms with van der Waals surface area (Å²) in [5.74, 6) is 0.151. The maximum atomic E-state index is 13.0. The van der Waals surface area contributed by atoms with Crippen LogP contribution in [0.1, 0.15) is 34.0 Å². The van der Waals surface area contributed by atoms with Gasteiger partial charge < -0.3 is 5.32 Å². The Morgan fingerprint density at radius 2 is 1.92 bits per heavy atom. The molecule has 0 fully saturated rings. The van der Waals surface area contributed by atoms with Gasteiger partial charge in [0, 0.05) is 23.3 Å². The van der Waals surface area contributed by atoms with Gasteiger partial charge in [-0.25, -0.2) is 14.4 Å². The molecule has 4 rings (SSSR count). The first-order valence-corrected chi connectivity index (χ1v) is 8.63. The van der Waals surface area contributed by atoms with E-state index in [9.17, 15) is 9.18 Å². The standard InChI is InChI=1S/C20H15ClFN3O/c21-14-3-1-2-12(8-14)13-9-18-17(19(26)10-13)11-23-20(25-18)24-16-6-4-15(22)5-7-16/h1-8,11,13H,9-10H2,(H,23,24,25)/t13-/m0/s1. The topological polar surface area (TPSA) is 54.9 Å². The highest BCUT2D eigenvalue weighted by molar-refractivity contribution is 6.30. The molecule has 1 atom stereocenters. The Hall–Kier alpha value is -2.79. The van der Waals surface area contributed by atoms with Crippen molar-refractivity contribution in [2.75, 3.05) is 5.32 Å². The number of carbonyl (C=O) groups excluding carboxylic acids is 1. The lowest BCUT2D eigenvalue weighted by Crippen LogP contribution is -2.21. The Balaban J connectivity index is 1.61. The number of hydrogen-bond acceptors (Lipinski definition) is 4. The Morgan fingerprint density at radius 1 is 1.12 bits per heavy atom. The molecule has 1 N–H and O–H groups in total. The minimum Gasteiger partial charge on any atom is -0.324 e. The van der Waals surface area contributed by atoms with Crippen LogP contribution in [0.25, 0.3) is 0 Å². The number of nitrogens with zero attached hydrogens (tertiary/aromatic N) is 2. The molecule has 0 amide bonds. The fraction of sp³-hybridized carbons (Fsp3) is 0.150. The SMILES string of the molecule is O=C1C[C@@H](c2cccc(Cl)c2)Cc2nc(Nc3ccc(F)cc3)ncc21. The third-order valence-electron chi connectivity index (χ3n) is 4.46. The van der Waals surface area contributed by atoms with Gasteiger partial charge in [0.05, 0.1) is 11.3 Å². The number of aromatic nitrogens is 2. The molecule has 0 radical (unpaired) electrons. The molecule has 4 nitrogen and oxygen atoms in total. The van der Waals surface area contributed by atoms with Gasteiger partial charge in [-0.1, -0.05) is 23.7 Å². The molecule has 1 aliphatic carbocycles. The summed E-state index contributed by atoms with van der Waals surface area (Å²) in [6.45, 7) is 0. The number of nitrogens with one attached hydrogen (secondary N) is 1.